The minimum absolute atomic E-state index is 0.709. The van der Waals surface area contributed by atoms with E-state index in [0.717, 1.165) is 17.5 Å². The first-order valence-electron chi connectivity index (χ1n) is 6.76. The average Bonchev–Trinajstić information content (AvgIpc) is 2.96. The lowest BCUT2D eigenvalue weighted by molar-refractivity contribution is 0.248. The van der Waals surface area contributed by atoms with Crippen molar-refractivity contribution in [1.29, 1.82) is 0 Å². The van der Waals surface area contributed by atoms with Gasteiger partial charge in [-0.15, -0.1) is 11.3 Å². The second-order valence-electron chi connectivity index (χ2n) is 5.49. The first-order valence-corrected chi connectivity index (χ1v) is 7.64. The lowest BCUT2D eigenvalue weighted by Gasteiger charge is -2.22. The molecule has 2 aliphatic heterocycles. The molecule has 2 aliphatic rings. The Hall–Kier alpha value is -0.910. The van der Waals surface area contributed by atoms with Crippen LogP contribution in [0.3, 0.4) is 0 Å². The van der Waals surface area contributed by atoms with Crippen LogP contribution in [0.4, 0.5) is 0 Å². The monoisotopic (exact) mass is 262 g/mol. The van der Waals surface area contributed by atoms with Crippen molar-refractivity contribution < 1.29 is 0 Å². The van der Waals surface area contributed by atoms with E-state index in [0.29, 0.717) is 6.04 Å². The number of rotatable bonds is 2. The van der Waals surface area contributed by atoms with E-state index in [1.165, 1.54) is 38.0 Å². The van der Waals surface area contributed by atoms with Gasteiger partial charge in [-0.1, -0.05) is 0 Å². The fraction of sp³-hybridized carbons (Fsp3) is 0.615. The second-order valence-corrected chi connectivity index (χ2v) is 6.36. The molecule has 1 N–H and O–H groups in total. The van der Waals surface area contributed by atoms with Gasteiger partial charge in [0.1, 0.15) is 0 Å². The van der Waals surface area contributed by atoms with E-state index in [4.69, 9.17) is 0 Å². The molecular weight excluding hydrogens is 244 g/mol. The predicted molar refractivity (Wildman–Crippen MR) is 72.9 cm³/mol. The summed E-state index contributed by atoms with van der Waals surface area (Å²) in [6.07, 6.45) is 8.27. The van der Waals surface area contributed by atoms with Crippen LogP contribution in [-0.4, -0.2) is 39.5 Å². The van der Waals surface area contributed by atoms with Gasteiger partial charge in [-0.25, -0.2) is 4.98 Å². The molecule has 4 nitrogen and oxygen atoms in total. The molecule has 0 saturated carbocycles. The topological polar surface area (TPSA) is 32.6 Å². The Bertz CT molecular complexity index is 517. The molecule has 5 heteroatoms. The molecule has 18 heavy (non-hydrogen) atoms. The number of hydrogen-bond acceptors (Lipinski definition) is 4. The summed E-state index contributed by atoms with van der Waals surface area (Å²) in [5.74, 6) is 0. The standard InChI is InChI=1S/C13H18N4S/c1-2-11-7-16(4-3-10(1)14-11)8-12-9-17-5-6-18-13(17)15-12/h5-6,9-11,14H,1-4,7-8H2. The van der Waals surface area contributed by atoms with Gasteiger partial charge in [0.05, 0.1) is 5.69 Å². The third-order valence-corrected chi connectivity index (χ3v) is 4.91. The Morgan fingerprint density at radius 2 is 2.28 bits per heavy atom. The molecule has 2 aromatic heterocycles. The van der Waals surface area contributed by atoms with Crippen LogP contribution in [0, 0.1) is 0 Å². The number of nitrogens with zero attached hydrogens (tertiary/aromatic N) is 3. The van der Waals surface area contributed by atoms with Crippen molar-refractivity contribution in [1.82, 2.24) is 19.6 Å². The van der Waals surface area contributed by atoms with Gasteiger partial charge in [0.15, 0.2) is 4.96 Å². The smallest absolute Gasteiger partial charge is 0.193 e. The van der Waals surface area contributed by atoms with E-state index >= 15 is 0 Å². The van der Waals surface area contributed by atoms with Crippen LogP contribution < -0.4 is 5.32 Å². The SMILES string of the molecule is c1cn2cc(CN3CCC4CCC(C3)N4)nc2s1. The summed E-state index contributed by atoms with van der Waals surface area (Å²) in [5, 5.41) is 5.81. The first-order chi connectivity index (χ1) is 8.87. The molecule has 2 bridgehead atoms. The third-order valence-electron chi connectivity index (χ3n) is 4.14. The lowest BCUT2D eigenvalue weighted by Crippen LogP contribution is -2.35. The number of aromatic nitrogens is 2. The van der Waals surface area contributed by atoms with Crippen LogP contribution in [0.15, 0.2) is 17.8 Å². The molecule has 0 radical (unpaired) electrons. The van der Waals surface area contributed by atoms with Gasteiger partial charge in [0, 0.05) is 49.5 Å². The maximum Gasteiger partial charge on any atom is 0.193 e. The molecule has 0 aliphatic carbocycles. The van der Waals surface area contributed by atoms with Gasteiger partial charge >= 0.3 is 0 Å². The van der Waals surface area contributed by atoms with Crippen LogP contribution in [0.25, 0.3) is 4.96 Å². The van der Waals surface area contributed by atoms with E-state index in [9.17, 15) is 0 Å². The molecule has 2 fully saturated rings. The maximum absolute atomic E-state index is 4.68. The first kappa shape index (κ1) is 11.0. The van der Waals surface area contributed by atoms with E-state index in [1.54, 1.807) is 11.3 Å². The average molecular weight is 262 g/mol. The molecule has 0 spiro atoms. The molecule has 96 valence electrons. The Labute approximate surface area is 111 Å². The molecular formula is C13H18N4S. The summed E-state index contributed by atoms with van der Waals surface area (Å²) in [6, 6.07) is 1.48. The summed E-state index contributed by atoms with van der Waals surface area (Å²) in [5.41, 5.74) is 1.21. The predicted octanol–water partition coefficient (Wildman–Crippen LogP) is 1.72. The second kappa shape index (κ2) is 4.33. The molecule has 4 rings (SSSR count). The van der Waals surface area contributed by atoms with Gasteiger partial charge in [-0.3, -0.25) is 9.30 Å². The summed E-state index contributed by atoms with van der Waals surface area (Å²) < 4.78 is 2.13. The van der Waals surface area contributed by atoms with Gasteiger partial charge in [-0.2, -0.15) is 0 Å². The van der Waals surface area contributed by atoms with Crippen LogP contribution >= 0.6 is 11.3 Å². The van der Waals surface area contributed by atoms with Crippen LogP contribution in [0.1, 0.15) is 25.0 Å². The summed E-state index contributed by atoms with van der Waals surface area (Å²) in [4.78, 5) is 8.35. The molecule has 2 aromatic rings. The minimum Gasteiger partial charge on any atom is -0.310 e. The molecule has 0 aromatic carbocycles. The summed E-state index contributed by atoms with van der Waals surface area (Å²) in [6.45, 7) is 3.39. The number of nitrogens with one attached hydrogen (secondary N) is 1. The van der Waals surface area contributed by atoms with Crippen LogP contribution in [-0.2, 0) is 6.54 Å². The zero-order valence-electron chi connectivity index (χ0n) is 10.4. The highest BCUT2D eigenvalue weighted by Gasteiger charge is 2.29. The molecule has 4 heterocycles. The molecule has 2 atom stereocenters. The van der Waals surface area contributed by atoms with E-state index in [-0.39, 0.29) is 0 Å². The summed E-state index contributed by atoms with van der Waals surface area (Å²) >= 11 is 1.71. The lowest BCUT2D eigenvalue weighted by atomic mass is 10.1. The number of imidazole rings is 1. The Morgan fingerprint density at radius 3 is 3.22 bits per heavy atom. The van der Waals surface area contributed by atoms with Crippen molar-refractivity contribution in [2.24, 2.45) is 0 Å². The number of thiazole rings is 1. The molecule has 0 amide bonds. The van der Waals surface area contributed by atoms with Crippen LogP contribution in [0.2, 0.25) is 0 Å². The zero-order valence-corrected chi connectivity index (χ0v) is 11.2. The molecule has 2 saturated heterocycles. The number of likely N-dealkylation sites (tertiary alicyclic amines) is 1. The number of fused-ring (bicyclic) bond motifs is 3. The molecule has 2 unspecified atom stereocenters. The largest absolute Gasteiger partial charge is 0.310 e. The fourth-order valence-electron chi connectivity index (χ4n) is 3.24. The third kappa shape index (κ3) is 1.96. The van der Waals surface area contributed by atoms with Crippen molar-refractivity contribution in [2.45, 2.75) is 37.9 Å². The van der Waals surface area contributed by atoms with Crippen molar-refractivity contribution in [3.05, 3.63) is 23.5 Å². The zero-order chi connectivity index (χ0) is 11.9. The van der Waals surface area contributed by atoms with Crippen molar-refractivity contribution in [2.75, 3.05) is 13.1 Å². The van der Waals surface area contributed by atoms with Crippen LogP contribution in [0.5, 0.6) is 0 Å². The van der Waals surface area contributed by atoms with Crippen molar-refractivity contribution in [3.63, 3.8) is 0 Å². The van der Waals surface area contributed by atoms with E-state index in [2.05, 4.69) is 37.4 Å². The fourth-order valence-corrected chi connectivity index (χ4v) is 3.96. The van der Waals surface area contributed by atoms with E-state index in [1.807, 2.05) is 0 Å². The quantitative estimate of drug-likeness (QED) is 0.894. The van der Waals surface area contributed by atoms with Gasteiger partial charge in [0.25, 0.3) is 0 Å². The minimum atomic E-state index is 0.709. The Balaban J connectivity index is 1.49. The normalized spacial score (nSPS) is 28.9. The summed E-state index contributed by atoms with van der Waals surface area (Å²) in [7, 11) is 0. The van der Waals surface area contributed by atoms with Crippen molar-refractivity contribution in [3.8, 4) is 0 Å². The Kier molecular flexibility index (Phi) is 2.64. The number of hydrogen-bond donors (Lipinski definition) is 1. The highest BCUT2D eigenvalue weighted by Crippen LogP contribution is 2.21. The van der Waals surface area contributed by atoms with Gasteiger partial charge in [0.2, 0.25) is 0 Å². The Morgan fingerprint density at radius 1 is 1.33 bits per heavy atom. The maximum atomic E-state index is 4.68. The highest BCUT2D eigenvalue weighted by atomic mass is 32.1. The van der Waals surface area contributed by atoms with Crippen molar-refractivity contribution >= 4 is 16.3 Å². The van der Waals surface area contributed by atoms with E-state index < -0.39 is 0 Å². The van der Waals surface area contributed by atoms with Gasteiger partial charge in [-0.05, 0) is 19.3 Å². The van der Waals surface area contributed by atoms with Gasteiger partial charge < -0.3 is 5.32 Å². The highest BCUT2D eigenvalue weighted by molar-refractivity contribution is 7.15.